The predicted molar refractivity (Wildman–Crippen MR) is 125 cm³/mol. The Morgan fingerprint density at radius 1 is 1.26 bits per heavy atom. The highest BCUT2D eigenvalue weighted by atomic mass is 127. The highest BCUT2D eigenvalue weighted by Gasteiger charge is 2.24. The summed E-state index contributed by atoms with van der Waals surface area (Å²) in [6, 6.07) is 18.4. The van der Waals surface area contributed by atoms with E-state index in [-0.39, 0.29) is 24.0 Å². The van der Waals surface area contributed by atoms with E-state index >= 15 is 0 Å². The van der Waals surface area contributed by atoms with Crippen molar-refractivity contribution in [3.8, 4) is 6.07 Å². The maximum Gasteiger partial charge on any atom is 0.191 e. The second kappa shape index (κ2) is 10.5. The number of para-hydroxylation sites is 1. The lowest BCUT2D eigenvalue weighted by Crippen LogP contribution is -2.44. The molecule has 27 heavy (non-hydrogen) atoms. The van der Waals surface area contributed by atoms with Crippen molar-refractivity contribution in [1.29, 1.82) is 5.26 Å². The Morgan fingerprint density at radius 2 is 2.00 bits per heavy atom. The van der Waals surface area contributed by atoms with Crippen LogP contribution in [0.5, 0.6) is 0 Å². The lowest BCUT2D eigenvalue weighted by molar-refractivity contribution is 0.648. The third kappa shape index (κ3) is 5.84. The third-order valence-electron chi connectivity index (χ3n) is 4.49. The van der Waals surface area contributed by atoms with Gasteiger partial charge >= 0.3 is 0 Å². The van der Waals surface area contributed by atoms with Crippen LogP contribution >= 0.6 is 39.9 Å². The fourth-order valence-corrected chi connectivity index (χ4v) is 3.61. The number of guanidine groups is 1. The normalized spacial score (nSPS) is 16.4. The quantitative estimate of drug-likeness (QED) is 0.351. The van der Waals surface area contributed by atoms with E-state index in [1.165, 1.54) is 5.69 Å². The van der Waals surface area contributed by atoms with Crippen molar-refractivity contribution in [2.45, 2.75) is 19.0 Å². The molecule has 0 radical (unpaired) electrons. The lowest BCUT2D eigenvalue weighted by atomic mass is 10.1. The van der Waals surface area contributed by atoms with Crippen molar-refractivity contribution in [1.82, 2.24) is 10.6 Å². The molecule has 1 fully saturated rings. The van der Waals surface area contributed by atoms with E-state index in [9.17, 15) is 0 Å². The SMILES string of the molecule is CN=C(NCc1ccc(C#N)cc1)NC1CCN(c2ccccc2Br)C1.I. The molecule has 0 aliphatic carbocycles. The van der Waals surface area contributed by atoms with Crippen LogP contribution in [0, 0.1) is 11.3 Å². The number of halogens is 2. The molecule has 5 nitrogen and oxygen atoms in total. The molecule has 1 aliphatic rings. The predicted octanol–water partition coefficient (Wildman–Crippen LogP) is 3.88. The molecule has 1 saturated heterocycles. The van der Waals surface area contributed by atoms with Gasteiger partial charge in [-0.15, -0.1) is 24.0 Å². The maximum atomic E-state index is 8.86. The van der Waals surface area contributed by atoms with Crippen molar-refractivity contribution in [2.75, 3.05) is 25.0 Å². The maximum absolute atomic E-state index is 8.86. The molecule has 2 aromatic rings. The number of nitrogens with zero attached hydrogens (tertiary/aromatic N) is 3. The Kier molecular flexibility index (Phi) is 8.38. The number of benzene rings is 2. The smallest absolute Gasteiger partial charge is 0.191 e. The number of anilines is 1. The molecule has 142 valence electrons. The molecule has 0 aromatic heterocycles. The van der Waals surface area contributed by atoms with Gasteiger partial charge in [-0.05, 0) is 52.2 Å². The zero-order chi connectivity index (χ0) is 18.4. The number of aliphatic imine (C=N–C) groups is 1. The summed E-state index contributed by atoms with van der Waals surface area (Å²) in [6.45, 7) is 2.64. The van der Waals surface area contributed by atoms with E-state index in [1.54, 1.807) is 7.05 Å². The van der Waals surface area contributed by atoms with Crippen LogP contribution in [0.1, 0.15) is 17.5 Å². The first-order valence-corrected chi connectivity index (χ1v) is 9.44. The molecule has 3 rings (SSSR count). The van der Waals surface area contributed by atoms with E-state index in [0.717, 1.165) is 35.5 Å². The molecular weight excluding hydrogens is 517 g/mol. The fraction of sp³-hybridized carbons (Fsp3) is 0.300. The van der Waals surface area contributed by atoms with Crippen LogP contribution in [-0.2, 0) is 6.54 Å². The average molecular weight is 540 g/mol. The number of nitrogens with one attached hydrogen (secondary N) is 2. The fourth-order valence-electron chi connectivity index (χ4n) is 3.08. The highest BCUT2D eigenvalue weighted by molar-refractivity contribution is 14.0. The van der Waals surface area contributed by atoms with Gasteiger partial charge in [0.25, 0.3) is 0 Å². The number of rotatable bonds is 4. The van der Waals surface area contributed by atoms with Gasteiger partial charge in [0, 0.05) is 37.2 Å². The van der Waals surface area contributed by atoms with Crippen molar-refractivity contribution >= 4 is 51.6 Å². The van der Waals surface area contributed by atoms with Crippen LogP contribution in [-0.4, -0.2) is 32.1 Å². The van der Waals surface area contributed by atoms with Gasteiger partial charge in [0.15, 0.2) is 5.96 Å². The van der Waals surface area contributed by atoms with Crippen LogP contribution < -0.4 is 15.5 Å². The minimum atomic E-state index is 0. The topological polar surface area (TPSA) is 63.5 Å². The molecule has 1 atom stereocenters. The van der Waals surface area contributed by atoms with E-state index in [2.05, 4.69) is 60.7 Å². The van der Waals surface area contributed by atoms with Gasteiger partial charge in [-0.2, -0.15) is 5.26 Å². The Morgan fingerprint density at radius 3 is 2.67 bits per heavy atom. The summed E-state index contributed by atoms with van der Waals surface area (Å²) in [7, 11) is 1.79. The summed E-state index contributed by atoms with van der Waals surface area (Å²) in [5, 5.41) is 15.7. The largest absolute Gasteiger partial charge is 0.368 e. The number of nitriles is 1. The van der Waals surface area contributed by atoms with E-state index in [4.69, 9.17) is 5.26 Å². The van der Waals surface area contributed by atoms with Gasteiger partial charge < -0.3 is 15.5 Å². The van der Waals surface area contributed by atoms with Crippen molar-refractivity contribution in [3.63, 3.8) is 0 Å². The highest BCUT2D eigenvalue weighted by Crippen LogP contribution is 2.28. The van der Waals surface area contributed by atoms with E-state index < -0.39 is 0 Å². The summed E-state index contributed by atoms with van der Waals surface area (Å²) in [4.78, 5) is 6.71. The van der Waals surface area contributed by atoms with Gasteiger partial charge in [0.05, 0.1) is 17.3 Å². The van der Waals surface area contributed by atoms with Gasteiger partial charge in [0.1, 0.15) is 0 Å². The minimum Gasteiger partial charge on any atom is -0.368 e. The molecule has 1 heterocycles. The first-order valence-electron chi connectivity index (χ1n) is 8.65. The summed E-state index contributed by atoms with van der Waals surface area (Å²) in [5.41, 5.74) is 3.03. The van der Waals surface area contributed by atoms with Crippen LogP contribution in [0.2, 0.25) is 0 Å². The number of hydrogen-bond donors (Lipinski definition) is 2. The van der Waals surface area contributed by atoms with E-state index in [1.807, 2.05) is 30.3 Å². The molecule has 0 bridgehead atoms. The third-order valence-corrected chi connectivity index (χ3v) is 5.16. The van der Waals surface area contributed by atoms with Gasteiger partial charge in [-0.3, -0.25) is 4.99 Å². The Hall–Kier alpha value is -1.79. The van der Waals surface area contributed by atoms with Crippen molar-refractivity contribution in [3.05, 3.63) is 64.1 Å². The molecule has 2 N–H and O–H groups in total. The summed E-state index contributed by atoms with van der Waals surface area (Å²) in [6.07, 6.45) is 1.07. The van der Waals surface area contributed by atoms with Gasteiger partial charge in [0.2, 0.25) is 0 Å². The Labute approximate surface area is 186 Å². The average Bonchev–Trinajstić information content (AvgIpc) is 3.14. The molecular formula is C20H23BrIN5. The molecule has 0 amide bonds. The molecule has 1 unspecified atom stereocenters. The standard InChI is InChI=1S/C20H22BrN5.HI/c1-23-20(24-13-16-8-6-15(12-22)7-9-16)25-17-10-11-26(14-17)19-5-3-2-4-18(19)21;/h2-9,17H,10-11,13-14H2,1H3,(H2,23,24,25);1H. The zero-order valence-corrected chi connectivity index (χ0v) is 19.1. The summed E-state index contributed by atoms with van der Waals surface area (Å²) in [5.74, 6) is 0.799. The first kappa shape index (κ1) is 21.5. The lowest BCUT2D eigenvalue weighted by Gasteiger charge is -2.21. The van der Waals surface area contributed by atoms with Gasteiger partial charge in [-0.25, -0.2) is 0 Å². The van der Waals surface area contributed by atoms with Crippen LogP contribution in [0.3, 0.4) is 0 Å². The summed E-state index contributed by atoms with van der Waals surface area (Å²) < 4.78 is 1.13. The molecule has 0 spiro atoms. The molecule has 0 saturated carbocycles. The Bertz CT molecular complexity index is 816. The molecule has 2 aromatic carbocycles. The first-order chi connectivity index (χ1) is 12.7. The summed E-state index contributed by atoms with van der Waals surface area (Å²) >= 11 is 3.63. The molecule has 7 heteroatoms. The van der Waals surface area contributed by atoms with Crippen LogP contribution in [0.4, 0.5) is 5.69 Å². The van der Waals surface area contributed by atoms with Gasteiger partial charge in [-0.1, -0.05) is 24.3 Å². The van der Waals surface area contributed by atoms with Crippen LogP contribution in [0.15, 0.2) is 58.0 Å². The van der Waals surface area contributed by atoms with E-state index in [0.29, 0.717) is 18.2 Å². The zero-order valence-electron chi connectivity index (χ0n) is 15.2. The van der Waals surface area contributed by atoms with Crippen molar-refractivity contribution in [2.24, 2.45) is 4.99 Å². The van der Waals surface area contributed by atoms with Crippen molar-refractivity contribution < 1.29 is 0 Å². The number of hydrogen-bond acceptors (Lipinski definition) is 3. The second-order valence-corrected chi connectivity index (χ2v) is 7.12. The monoisotopic (exact) mass is 539 g/mol. The minimum absolute atomic E-state index is 0. The molecule has 1 aliphatic heterocycles. The van der Waals surface area contributed by atoms with Crippen LogP contribution in [0.25, 0.3) is 0 Å². The Balaban J connectivity index is 0.00000261. The second-order valence-electron chi connectivity index (χ2n) is 6.26.